The second-order valence-electron chi connectivity index (χ2n) is 7.36. The highest BCUT2D eigenvalue weighted by Gasteiger charge is 2.39. The van der Waals surface area contributed by atoms with E-state index in [-0.39, 0.29) is 23.0 Å². The average Bonchev–Trinajstić information content (AvgIpc) is 2.34. The molecule has 108 valence electrons. The number of fused-ring (bicyclic) bond motifs is 2. The van der Waals surface area contributed by atoms with Crippen LogP contribution in [0.3, 0.4) is 0 Å². The van der Waals surface area contributed by atoms with E-state index in [1.54, 1.807) is 0 Å². The molecule has 0 saturated carbocycles. The van der Waals surface area contributed by atoms with Crippen molar-refractivity contribution in [1.82, 2.24) is 0 Å². The Morgan fingerprint density at radius 3 is 2.25 bits per heavy atom. The number of ether oxygens (including phenoxy) is 1. The number of rotatable bonds is 0. The molecular formula is C17H22O3. The Kier molecular flexibility index (Phi) is 2.78. The van der Waals surface area contributed by atoms with Crippen molar-refractivity contribution in [3.63, 3.8) is 0 Å². The van der Waals surface area contributed by atoms with Crippen molar-refractivity contribution in [2.24, 2.45) is 0 Å². The average molecular weight is 274 g/mol. The van der Waals surface area contributed by atoms with Crippen LogP contribution in [0.2, 0.25) is 0 Å². The number of hydrogen-bond acceptors (Lipinski definition) is 3. The van der Waals surface area contributed by atoms with Gasteiger partial charge < -0.3 is 9.84 Å². The monoisotopic (exact) mass is 274 g/mol. The van der Waals surface area contributed by atoms with Crippen molar-refractivity contribution in [3.05, 3.63) is 28.8 Å². The van der Waals surface area contributed by atoms with E-state index in [0.29, 0.717) is 11.3 Å². The molecule has 0 fully saturated rings. The zero-order valence-corrected chi connectivity index (χ0v) is 12.6. The topological polar surface area (TPSA) is 46.5 Å². The van der Waals surface area contributed by atoms with Gasteiger partial charge in [-0.15, -0.1) is 0 Å². The molecule has 1 aromatic rings. The molecule has 3 nitrogen and oxygen atoms in total. The number of hydrogen-bond donors (Lipinski definition) is 1. The standard InChI is InChI=1S/C17H22O3/c1-16(2)5-6-17(3,4)12-8-14-10(7-11(12)16)13(18)9-15(19)20-14/h7-8,15,19H,5-6,9H2,1-4H3. The Hall–Kier alpha value is -1.35. The van der Waals surface area contributed by atoms with Gasteiger partial charge in [-0.2, -0.15) is 0 Å². The van der Waals surface area contributed by atoms with Crippen molar-refractivity contribution >= 4 is 5.78 Å². The van der Waals surface area contributed by atoms with E-state index in [9.17, 15) is 9.90 Å². The van der Waals surface area contributed by atoms with Crippen LogP contribution in [0, 0.1) is 0 Å². The molecule has 0 aromatic heterocycles. The summed E-state index contributed by atoms with van der Waals surface area (Å²) in [7, 11) is 0. The first-order chi connectivity index (χ1) is 9.21. The number of aliphatic hydroxyl groups is 1. The van der Waals surface area contributed by atoms with Gasteiger partial charge in [-0.25, -0.2) is 0 Å². The third-order valence-corrected chi connectivity index (χ3v) is 4.88. The third-order valence-electron chi connectivity index (χ3n) is 4.88. The van der Waals surface area contributed by atoms with Gasteiger partial charge in [0, 0.05) is 0 Å². The summed E-state index contributed by atoms with van der Waals surface area (Å²) >= 11 is 0. The fourth-order valence-corrected chi connectivity index (χ4v) is 3.37. The van der Waals surface area contributed by atoms with Crippen molar-refractivity contribution in [2.75, 3.05) is 0 Å². The molecule has 20 heavy (non-hydrogen) atoms. The minimum absolute atomic E-state index is 0.0271. The molecule has 1 N–H and O–H groups in total. The number of Topliss-reactive ketones (excluding diaryl/α,β-unsaturated/α-hetero) is 1. The van der Waals surface area contributed by atoms with E-state index in [1.165, 1.54) is 11.1 Å². The summed E-state index contributed by atoms with van der Waals surface area (Å²) in [6, 6.07) is 3.98. The van der Waals surface area contributed by atoms with Crippen molar-refractivity contribution in [2.45, 2.75) is 64.1 Å². The number of aliphatic hydroxyl groups excluding tert-OH is 1. The molecule has 0 spiro atoms. The summed E-state index contributed by atoms with van der Waals surface area (Å²) < 4.78 is 5.46. The Balaban J connectivity index is 2.23. The summed E-state index contributed by atoms with van der Waals surface area (Å²) in [5, 5.41) is 9.62. The van der Waals surface area contributed by atoms with Gasteiger partial charge in [0.25, 0.3) is 0 Å². The quantitative estimate of drug-likeness (QED) is 0.789. The lowest BCUT2D eigenvalue weighted by Crippen LogP contribution is -2.35. The molecule has 0 amide bonds. The molecule has 1 atom stereocenters. The first-order valence-corrected chi connectivity index (χ1v) is 7.28. The first kappa shape index (κ1) is 13.6. The van der Waals surface area contributed by atoms with E-state index >= 15 is 0 Å². The SMILES string of the molecule is CC1(C)CCC(C)(C)c2cc3c(cc21)OC(O)CC3=O. The van der Waals surface area contributed by atoms with Gasteiger partial charge in [-0.05, 0) is 46.9 Å². The molecule has 1 heterocycles. The highest BCUT2D eigenvalue weighted by Crippen LogP contribution is 2.48. The second kappa shape index (κ2) is 4.08. The predicted molar refractivity (Wildman–Crippen MR) is 77.3 cm³/mol. The van der Waals surface area contributed by atoms with Crippen LogP contribution >= 0.6 is 0 Å². The predicted octanol–water partition coefficient (Wildman–Crippen LogP) is 3.32. The van der Waals surface area contributed by atoms with Crippen molar-refractivity contribution in [1.29, 1.82) is 0 Å². The first-order valence-electron chi connectivity index (χ1n) is 7.28. The van der Waals surface area contributed by atoms with Crippen LogP contribution in [0.4, 0.5) is 0 Å². The summed E-state index contributed by atoms with van der Waals surface area (Å²) in [5.74, 6) is 0.513. The van der Waals surface area contributed by atoms with Gasteiger partial charge in [0.15, 0.2) is 5.78 Å². The van der Waals surface area contributed by atoms with E-state index < -0.39 is 6.29 Å². The van der Waals surface area contributed by atoms with Crippen LogP contribution in [0.5, 0.6) is 5.75 Å². The lowest BCUT2D eigenvalue weighted by atomic mass is 9.62. The van der Waals surface area contributed by atoms with Crippen LogP contribution in [-0.4, -0.2) is 17.2 Å². The Labute approximate surface area is 120 Å². The van der Waals surface area contributed by atoms with E-state index in [4.69, 9.17) is 4.74 Å². The fourth-order valence-electron chi connectivity index (χ4n) is 3.37. The number of carbonyl (C=O) groups excluding carboxylic acids is 1. The van der Waals surface area contributed by atoms with Crippen molar-refractivity contribution < 1.29 is 14.6 Å². The fraction of sp³-hybridized carbons (Fsp3) is 0.588. The molecular weight excluding hydrogens is 252 g/mol. The minimum Gasteiger partial charge on any atom is -0.464 e. The maximum absolute atomic E-state index is 12.1. The zero-order valence-electron chi connectivity index (χ0n) is 12.6. The van der Waals surface area contributed by atoms with Crippen LogP contribution in [0.1, 0.15) is 68.4 Å². The summed E-state index contributed by atoms with van der Waals surface area (Å²) in [6.45, 7) is 8.93. The van der Waals surface area contributed by atoms with Crippen LogP contribution in [0.15, 0.2) is 12.1 Å². The highest BCUT2D eigenvalue weighted by molar-refractivity contribution is 6.00. The molecule has 1 aliphatic carbocycles. The maximum atomic E-state index is 12.1. The van der Waals surface area contributed by atoms with Gasteiger partial charge in [-0.3, -0.25) is 4.79 Å². The van der Waals surface area contributed by atoms with Gasteiger partial charge in [0.05, 0.1) is 12.0 Å². The van der Waals surface area contributed by atoms with Crippen LogP contribution in [-0.2, 0) is 10.8 Å². The number of ketones is 1. The van der Waals surface area contributed by atoms with Crippen LogP contribution < -0.4 is 4.74 Å². The molecule has 3 heteroatoms. The Bertz CT molecular complexity index is 584. The molecule has 1 unspecified atom stereocenters. The molecule has 0 bridgehead atoms. The Morgan fingerprint density at radius 2 is 1.65 bits per heavy atom. The summed E-state index contributed by atoms with van der Waals surface area (Å²) in [6.07, 6.45) is 1.27. The highest BCUT2D eigenvalue weighted by atomic mass is 16.6. The smallest absolute Gasteiger partial charge is 0.204 e. The molecule has 3 rings (SSSR count). The van der Waals surface area contributed by atoms with Gasteiger partial charge in [0.1, 0.15) is 5.75 Å². The molecule has 0 radical (unpaired) electrons. The summed E-state index contributed by atoms with van der Waals surface area (Å²) in [5.41, 5.74) is 3.28. The van der Waals surface area contributed by atoms with Crippen LogP contribution in [0.25, 0.3) is 0 Å². The van der Waals surface area contributed by atoms with Gasteiger partial charge in [-0.1, -0.05) is 27.7 Å². The largest absolute Gasteiger partial charge is 0.464 e. The summed E-state index contributed by atoms with van der Waals surface area (Å²) in [4.78, 5) is 12.1. The molecule has 0 saturated heterocycles. The third kappa shape index (κ3) is 1.96. The Morgan fingerprint density at radius 1 is 1.10 bits per heavy atom. The number of benzene rings is 1. The van der Waals surface area contributed by atoms with E-state index in [0.717, 1.165) is 12.8 Å². The van der Waals surface area contributed by atoms with Gasteiger partial charge in [0.2, 0.25) is 6.29 Å². The lowest BCUT2D eigenvalue weighted by molar-refractivity contribution is -0.0247. The van der Waals surface area contributed by atoms with E-state index in [2.05, 4.69) is 27.7 Å². The van der Waals surface area contributed by atoms with Gasteiger partial charge >= 0.3 is 0 Å². The molecule has 2 aliphatic rings. The second-order valence-corrected chi connectivity index (χ2v) is 7.36. The number of carbonyl (C=O) groups is 1. The zero-order chi connectivity index (χ0) is 14.7. The lowest BCUT2D eigenvalue weighted by Gasteiger charge is -2.42. The normalized spacial score (nSPS) is 26.4. The maximum Gasteiger partial charge on any atom is 0.204 e. The minimum atomic E-state index is -1.01. The van der Waals surface area contributed by atoms with E-state index in [1.807, 2.05) is 12.1 Å². The molecule has 1 aromatic carbocycles. The molecule has 1 aliphatic heterocycles. The van der Waals surface area contributed by atoms with Crippen molar-refractivity contribution in [3.8, 4) is 5.75 Å².